The van der Waals surface area contributed by atoms with Crippen molar-refractivity contribution < 1.29 is 46.5 Å². The van der Waals surface area contributed by atoms with Gasteiger partial charge in [0.05, 0.1) is 30.0 Å². The maximum Gasteiger partial charge on any atom is 0.416 e. The average Bonchev–Trinajstić information content (AvgIpc) is 2.78. The Morgan fingerprint density at radius 2 is 1.74 bits per heavy atom. The third kappa shape index (κ3) is 8.28. The summed E-state index contributed by atoms with van der Waals surface area (Å²) in [5, 5.41) is 4.67. The van der Waals surface area contributed by atoms with Crippen LogP contribution in [0.4, 0.5) is 29.3 Å². The lowest BCUT2D eigenvalue weighted by Gasteiger charge is -2.15. The number of anilines is 2. The minimum absolute atomic E-state index is 0.0116. The molecule has 0 spiro atoms. The Morgan fingerprint density at radius 1 is 0.971 bits per heavy atom. The number of esters is 1. The molecule has 0 heterocycles. The molecule has 2 rings (SSSR count). The lowest BCUT2D eigenvalue weighted by atomic mass is 10.1. The van der Waals surface area contributed by atoms with Crippen molar-refractivity contribution in [3.05, 3.63) is 53.6 Å². The molecule has 0 fully saturated rings. The summed E-state index contributed by atoms with van der Waals surface area (Å²) in [6.45, 7) is 1.23. The largest absolute Gasteiger partial charge is 0.489 e. The molecular weight excluding hydrogens is 461 g/mol. The van der Waals surface area contributed by atoms with Crippen molar-refractivity contribution in [1.82, 2.24) is 0 Å². The van der Waals surface area contributed by atoms with E-state index >= 15 is 0 Å². The smallest absolute Gasteiger partial charge is 0.416 e. The molecule has 2 amide bonds. The minimum Gasteiger partial charge on any atom is -0.489 e. The molecule has 0 aliphatic carbocycles. The quantitative estimate of drug-likeness (QED) is 0.386. The number of nitrogens with one attached hydrogen (secondary N) is 2. The van der Waals surface area contributed by atoms with Crippen molar-refractivity contribution in [2.24, 2.45) is 0 Å². The van der Waals surface area contributed by atoms with Gasteiger partial charge in [0.2, 0.25) is 0 Å². The van der Waals surface area contributed by atoms with E-state index in [4.69, 9.17) is 18.9 Å². The summed E-state index contributed by atoms with van der Waals surface area (Å²) in [7, 11) is 1.43. The topological polar surface area (TPSA) is 112 Å². The Hall–Kier alpha value is -3.80. The highest BCUT2D eigenvalue weighted by atomic mass is 19.4. The van der Waals surface area contributed by atoms with Gasteiger partial charge in [-0.3, -0.25) is 10.1 Å². The van der Waals surface area contributed by atoms with Crippen LogP contribution in [-0.4, -0.2) is 51.5 Å². The average molecular weight is 484 g/mol. The predicted molar refractivity (Wildman–Crippen MR) is 115 cm³/mol. The van der Waals surface area contributed by atoms with Crippen LogP contribution in [0.15, 0.2) is 42.5 Å². The number of halogens is 3. The van der Waals surface area contributed by atoms with E-state index < -0.39 is 36.3 Å². The Bertz CT molecular complexity index is 1010. The number of benzene rings is 2. The van der Waals surface area contributed by atoms with Crippen LogP contribution >= 0.6 is 0 Å². The standard InChI is InChI=1S/C22H23F3N2O7/c1-3-32-21(30)26-16-6-4-5-14(11-16)20(29)34-13-19(28)27-17-12-15(22(23,24)25)7-8-18(17)33-10-9-31-2/h4-8,11-12H,3,9-10,13H2,1-2H3,(H,26,30)(H,27,28). The Labute approximate surface area is 193 Å². The molecule has 12 heteroatoms. The molecule has 2 aromatic rings. The summed E-state index contributed by atoms with van der Waals surface area (Å²) in [5.74, 6) is -1.78. The number of alkyl halides is 3. The number of methoxy groups -OCH3 is 1. The van der Waals surface area contributed by atoms with Gasteiger partial charge in [-0.25, -0.2) is 9.59 Å². The van der Waals surface area contributed by atoms with Gasteiger partial charge in [-0.15, -0.1) is 0 Å². The first-order valence-corrected chi connectivity index (χ1v) is 9.97. The molecule has 0 saturated carbocycles. The first-order chi connectivity index (χ1) is 16.1. The summed E-state index contributed by atoms with van der Waals surface area (Å²) in [6.07, 6.45) is -5.35. The summed E-state index contributed by atoms with van der Waals surface area (Å²) >= 11 is 0. The molecule has 9 nitrogen and oxygen atoms in total. The van der Waals surface area contributed by atoms with Crippen LogP contribution in [0.3, 0.4) is 0 Å². The van der Waals surface area contributed by atoms with Gasteiger partial charge in [0, 0.05) is 12.8 Å². The van der Waals surface area contributed by atoms with Crippen LogP contribution < -0.4 is 15.4 Å². The number of hydrogen-bond acceptors (Lipinski definition) is 7. The molecule has 34 heavy (non-hydrogen) atoms. The van der Waals surface area contributed by atoms with Crippen LogP contribution in [0.1, 0.15) is 22.8 Å². The van der Waals surface area contributed by atoms with Crippen LogP contribution in [0.5, 0.6) is 5.75 Å². The monoisotopic (exact) mass is 484 g/mol. The van der Waals surface area contributed by atoms with Gasteiger partial charge < -0.3 is 24.3 Å². The molecule has 2 aromatic carbocycles. The lowest BCUT2D eigenvalue weighted by molar-refractivity contribution is -0.137. The maximum absolute atomic E-state index is 13.1. The van der Waals surface area contributed by atoms with Crippen LogP contribution in [0, 0.1) is 0 Å². The number of ether oxygens (including phenoxy) is 4. The second-order valence-corrected chi connectivity index (χ2v) is 6.60. The predicted octanol–water partition coefficient (Wildman–Crippen LogP) is 4.09. The number of carbonyl (C=O) groups excluding carboxylic acids is 3. The van der Waals surface area contributed by atoms with E-state index in [1.54, 1.807) is 6.92 Å². The Balaban J connectivity index is 2.03. The summed E-state index contributed by atoms with van der Waals surface area (Å²) in [5.41, 5.74) is -0.943. The zero-order valence-corrected chi connectivity index (χ0v) is 18.4. The summed E-state index contributed by atoms with van der Waals surface area (Å²) < 4.78 is 59.0. The number of rotatable bonds is 10. The van der Waals surface area contributed by atoms with E-state index in [0.717, 1.165) is 12.1 Å². The van der Waals surface area contributed by atoms with Crippen molar-refractivity contribution in [1.29, 1.82) is 0 Å². The summed E-state index contributed by atoms with van der Waals surface area (Å²) in [6, 6.07) is 8.30. The molecule has 0 bridgehead atoms. The first kappa shape index (κ1) is 26.5. The molecule has 0 aliphatic heterocycles. The highest BCUT2D eigenvalue weighted by Crippen LogP contribution is 2.35. The number of hydrogen-bond donors (Lipinski definition) is 2. The van der Waals surface area contributed by atoms with E-state index in [1.165, 1.54) is 31.4 Å². The molecule has 184 valence electrons. The Kier molecular flexibility index (Phi) is 9.68. The van der Waals surface area contributed by atoms with Gasteiger partial charge in [-0.05, 0) is 43.3 Å². The van der Waals surface area contributed by atoms with Crippen molar-refractivity contribution in [3.63, 3.8) is 0 Å². The number of carbonyl (C=O) groups is 3. The molecule has 0 atom stereocenters. The fourth-order valence-electron chi connectivity index (χ4n) is 2.57. The van der Waals surface area contributed by atoms with Gasteiger partial charge in [0.15, 0.2) is 6.61 Å². The van der Waals surface area contributed by atoms with Crippen LogP contribution in [0.25, 0.3) is 0 Å². The zero-order chi connectivity index (χ0) is 25.1. The van der Waals surface area contributed by atoms with Crippen molar-refractivity contribution in [2.45, 2.75) is 13.1 Å². The van der Waals surface area contributed by atoms with E-state index in [1.807, 2.05) is 0 Å². The maximum atomic E-state index is 13.1. The van der Waals surface area contributed by atoms with Gasteiger partial charge in [0.1, 0.15) is 12.4 Å². The molecule has 0 aliphatic rings. The molecule has 0 aromatic heterocycles. The molecule has 0 unspecified atom stereocenters. The minimum atomic E-state index is -4.64. The first-order valence-electron chi connectivity index (χ1n) is 9.97. The zero-order valence-electron chi connectivity index (χ0n) is 18.4. The van der Waals surface area contributed by atoms with Gasteiger partial charge >= 0.3 is 18.2 Å². The second kappa shape index (κ2) is 12.4. The third-order valence-corrected chi connectivity index (χ3v) is 4.08. The van der Waals surface area contributed by atoms with Gasteiger partial charge in [-0.2, -0.15) is 13.2 Å². The van der Waals surface area contributed by atoms with Crippen LogP contribution in [-0.2, 0) is 25.2 Å². The SMILES string of the molecule is CCOC(=O)Nc1cccc(C(=O)OCC(=O)Nc2cc(C(F)(F)F)ccc2OCCOC)c1. The van der Waals surface area contributed by atoms with E-state index in [-0.39, 0.29) is 42.5 Å². The molecular formula is C22H23F3N2O7. The van der Waals surface area contributed by atoms with Crippen molar-refractivity contribution >= 4 is 29.3 Å². The summed E-state index contributed by atoms with van der Waals surface area (Å²) in [4.78, 5) is 36.0. The van der Waals surface area contributed by atoms with Crippen molar-refractivity contribution in [3.8, 4) is 5.75 Å². The fraction of sp³-hybridized carbons (Fsp3) is 0.318. The van der Waals surface area contributed by atoms with E-state index in [9.17, 15) is 27.6 Å². The molecule has 0 radical (unpaired) electrons. The van der Waals surface area contributed by atoms with Crippen molar-refractivity contribution in [2.75, 3.05) is 44.2 Å². The fourth-order valence-corrected chi connectivity index (χ4v) is 2.57. The third-order valence-electron chi connectivity index (χ3n) is 4.08. The Morgan fingerprint density at radius 3 is 2.41 bits per heavy atom. The molecule has 2 N–H and O–H groups in total. The second-order valence-electron chi connectivity index (χ2n) is 6.60. The van der Waals surface area contributed by atoms with E-state index in [2.05, 4.69) is 10.6 Å². The van der Waals surface area contributed by atoms with Gasteiger partial charge in [0.25, 0.3) is 5.91 Å². The highest BCUT2D eigenvalue weighted by molar-refractivity contribution is 5.97. The lowest BCUT2D eigenvalue weighted by Crippen LogP contribution is -2.22. The van der Waals surface area contributed by atoms with Crippen LogP contribution in [0.2, 0.25) is 0 Å². The highest BCUT2D eigenvalue weighted by Gasteiger charge is 2.31. The normalized spacial score (nSPS) is 10.9. The number of amides is 2. The van der Waals surface area contributed by atoms with E-state index in [0.29, 0.717) is 6.07 Å². The molecule has 0 saturated heterocycles. The van der Waals surface area contributed by atoms with Gasteiger partial charge in [-0.1, -0.05) is 6.07 Å².